The van der Waals surface area contributed by atoms with E-state index in [1.165, 1.54) is 5.57 Å². The highest BCUT2D eigenvalue weighted by Gasteiger charge is 2.50. The molecule has 70 valence electrons. The molecule has 0 saturated heterocycles. The summed E-state index contributed by atoms with van der Waals surface area (Å²) in [6, 6.07) is 0. The van der Waals surface area contributed by atoms with Crippen LogP contribution < -0.4 is 0 Å². The van der Waals surface area contributed by atoms with E-state index in [0.29, 0.717) is 17.6 Å². The Hall–Kier alpha value is -0.850. The number of fused-ring (bicyclic) bond motifs is 1. The molecule has 2 rings (SSSR count). The Labute approximate surface area is 79.5 Å². The SMILES string of the molecule is CC1=CC=CC2C(C)CC(=O)C12C. The molecule has 0 amide bonds. The maximum Gasteiger partial charge on any atom is 0.143 e. The number of carbonyl (C=O) groups is 1. The largest absolute Gasteiger partial charge is 0.299 e. The second kappa shape index (κ2) is 2.57. The molecule has 1 heteroatoms. The lowest BCUT2D eigenvalue weighted by Crippen LogP contribution is -2.31. The zero-order chi connectivity index (χ0) is 9.64. The Morgan fingerprint density at radius 2 is 2.23 bits per heavy atom. The molecule has 0 aromatic carbocycles. The minimum Gasteiger partial charge on any atom is -0.299 e. The van der Waals surface area contributed by atoms with E-state index < -0.39 is 0 Å². The van der Waals surface area contributed by atoms with Crippen LogP contribution in [-0.4, -0.2) is 5.78 Å². The number of ketones is 1. The highest BCUT2D eigenvalue weighted by atomic mass is 16.1. The summed E-state index contributed by atoms with van der Waals surface area (Å²) in [6.45, 7) is 6.35. The third-order valence-electron chi connectivity index (χ3n) is 3.85. The van der Waals surface area contributed by atoms with Gasteiger partial charge in [0.05, 0.1) is 5.41 Å². The van der Waals surface area contributed by atoms with E-state index in [1.807, 2.05) is 0 Å². The highest BCUT2D eigenvalue weighted by molar-refractivity contribution is 5.91. The minimum absolute atomic E-state index is 0.186. The van der Waals surface area contributed by atoms with Crippen molar-refractivity contribution < 1.29 is 4.79 Å². The summed E-state index contributed by atoms with van der Waals surface area (Å²) in [6.07, 6.45) is 7.11. The fourth-order valence-corrected chi connectivity index (χ4v) is 2.74. The van der Waals surface area contributed by atoms with Gasteiger partial charge >= 0.3 is 0 Å². The third kappa shape index (κ3) is 0.962. The highest BCUT2D eigenvalue weighted by Crippen LogP contribution is 2.50. The fraction of sp³-hybridized carbons (Fsp3) is 0.583. The molecule has 1 nitrogen and oxygen atoms in total. The van der Waals surface area contributed by atoms with Gasteiger partial charge < -0.3 is 0 Å². The normalized spacial score (nSPS) is 43.3. The molecule has 1 saturated carbocycles. The van der Waals surface area contributed by atoms with Crippen molar-refractivity contribution in [1.29, 1.82) is 0 Å². The summed E-state index contributed by atoms with van der Waals surface area (Å²) in [5, 5.41) is 0. The molecule has 1 fully saturated rings. The number of carbonyl (C=O) groups excluding carboxylic acids is 1. The molecule has 3 unspecified atom stereocenters. The van der Waals surface area contributed by atoms with Gasteiger partial charge in [-0.1, -0.05) is 30.7 Å². The van der Waals surface area contributed by atoms with Crippen LogP contribution in [0, 0.1) is 17.3 Å². The lowest BCUT2D eigenvalue weighted by molar-refractivity contribution is -0.124. The van der Waals surface area contributed by atoms with Gasteiger partial charge in [0.2, 0.25) is 0 Å². The molecule has 0 radical (unpaired) electrons. The summed E-state index contributed by atoms with van der Waals surface area (Å²) in [5.41, 5.74) is 1.04. The standard InChI is InChI=1S/C12H16O/c1-8-7-11(13)12(3)9(2)5-4-6-10(8)12/h4-6,8,10H,7H2,1-3H3. The van der Waals surface area contributed by atoms with Crippen molar-refractivity contribution in [3.63, 3.8) is 0 Å². The van der Waals surface area contributed by atoms with Crippen LogP contribution >= 0.6 is 0 Å². The fourth-order valence-electron chi connectivity index (χ4n) is 2.74. The zero-order valence-corrected chi connectivity index (χ0v) is 8.50. The molecular formula is C12H16O. The Morgan fingerprint density at radius 3 is 2.85 bits per heavy atom. The van der Waals surface area contributed by atoms with Gasteiger partial charge in [-0.2, -0.15) is 0 Å². The Bertz CT molecular complexity index is 311. The average molecular weight is 176 g/mol. The van der Waals surface area contributed by atoms with Crippen LogP contribution in [0.5, 0.6) is 0 Å². The first-order valence-electron chi connectivity index (χ1n) is 4.95. The monoisotopic (exact) mass is 176 g/mol. The van der Waals surface area contributed by atoms with Crippen LogP contribution in [0.1, 0.15) is 27.2 Å². The predicted octanol–water partition coefficient (Wildman–Crippen LogP) is 2.73. The molecular weight excluding hydrogens is 160 g/mol. The molecule has 2 aliphatic rings. The maximum atomic E-state index is 11.9. The minimum atomic E-state index is -0.186. The number of allylic oxidation sites excluding steroid dienone is 4. The summed E-state index contributed by atoms with van der Waals surface area (Å²) in [4.78, 5) is 11.9. The van der Waals surface area contributed by atoms with Crippen LogP contribution in [0.2, 0.25) is 0 Å². The van der Waals surface area contributed by atoms with Crippen molar-refractivity contribution in [3.8, 4) is 0 Å². The van der Waals surface area contributed by atoms with E-state index in [-0.39, 0.29) is 5.41 Å². The van der Waals surface area contributed by atoms with Crippen molar-refractivity contribution >= 4 is 5.78 Å². The molecule has 0 aliphatic heterocycles. The smallest absolute Gasteiger partial charge is 0.143 e. The van der Waals surface area contributed by atoms with E-state index in [0.717, 1.165) is 6.42 Å². The van der Waals surface area contributed by atoms with Crippen LogP contribution in [0.4, 0.5) is 0 Å². The van der Waals surface area contributed by atoms with Crippen LogP contribution in [-0.2, 0) is 4.79 Å². The Kier molecular flexibility index (Phi) is 1.73. The lowest BCUT2D eigenvalue weighted by atomic mass is 9.69. The molecule has 0 spiro atoms. The van der Waals surface area contributed by atoms with E-state index in [4.69, 9.17) is 0 Å². The lowest BCUT2D eigenvalue weighted by Gasteiger charge is -2.33. The third-order valence-corrected chi connectivity index (χ3v) is 3.85. The van der Waals surface area contributed by atoms with Crippen LogP contribution in [0.25, 0.3) is 0 Å². The summed E-state index contributed by atoms with van der Waals surface area (Å²) in [5.74, 6) is 1.37. The van der Waals surface area contributed by atoms with E-state index in [2.05, 4.69) is 39.0 Å². The average Bonchev–Trinajstić information content (AvgIpc) is 2.29. The first-order chi connectivity index (χ1) is 6.06. The molecule has 0 heterocycles. The quantitative estimate of drug-likeness (QED) is 0.554. The van der Waals surface area contributed by atoms with Gasteiger partial charge in [-0.3, -0.25) is 4.79 Å². The van der Waals surface area contributed by atoms with Crippen molar-refractivity contribution in [2.75, 3.05) is 0 Å². The molecule has 3 atom stereocenters. The maximum absolute atomic E-state index is 11.9. The number of Topliss-reactive ketones (excluding diaryl/α,β-unsaturated/α-hetero) is 1. The van der Waals surface area contributed by atoms with Gasteiger partial charge in [-0.15, -0.1) is 0 Å². The van der Waals surface area contributed by atoms with Gasteiger partial charge in [-0.25, -0.2) is 0 Å². The molecule has 0 aromatic heterocycles. The van der Waals surface area contributed by atoms with E-state index in [9.17, 15) is 4.79 Å². The number of rotatable bonds is 0. The number of hydrogen-bond donors (Lipinski definition) is 0. The summed E-state index contributed by atoms with van der Waals surface area (Å²) in [7, 11) is 0. The van der Waals surface area contributed by atoms with Crippen LogP contribution in [0.3, 0.4) is 0 Å². The van der Waals surface area contributed by atoms with Gasteiger partial charge in [0, 0.05) is 6.42 Å². The van der Waals surface area contributed by atoms with Gasteiger partial charge in [0.15, 0.2) is 0 Å². The van der Waals surface area contributed by atoms with Crippen molar-refractivity contribution in [2.45, 2.75) is 27.2 Å². The molecule has 2 aliphatic carbocycles. The van der Waals surface area contributed by atoms with Crippen LogP contribution in [0.15, 0.2) is 23.8 Å². The molecule has 0 aromatic rings. The van der Waals surface area contributed by atoms with E-state index in [1.54, 1.807) is 0 Å². The van der Waals surface area contributed by atoms with Crippen molar-refractivity contribution in [2.24, 2.45) is 17.3 Å². The second-order valence-corrected chi connectivity index (χ2v) is 4.57. The van der Waals surface area contributed by atoms with Gasteiger partial charge in [0.1, 0.15) is 5.78 Å². The van der Waals surface area contributed by atoms with Crippen molar-refractivity contribution in [3.05, 3.63) is 23.8 Å². The molecule has 13 heavy (non-hydrogen) atoms. The molecule has 0 bridgehead atoms. The first-order valence-corrected chi connectivity index (χ1v) is 4.95. The van der Waals surface area contributed by atoms with E-state index >= 15 is 0 Å². The summed E-state index contributed by atoms with van der Waals surface area (Å²) >= 11 is 0. The summed E-state index contributed by atoms with van der Waals surface area (Å²) < 4.78 is 0. The zero-order valence-electron chi connectivity index (χ0n) is 8.50. The Morgan fingerprint density at radius 1 is 1.54 bits per heavy atom. The molecule has 0 N–H and O–H groups in total. The van der Waals surface area contributed by atoms with Gasteiger partial charge in [-0.05, 0) is 25.7 Å². The van der Waals surface area contributed by atoms with Gasteiger partial charge in [0.25, 0.3) is 0 Å². The second-order valence-electron chi connectivity index (χ2n) is 4.57. The first kappa shape index (κ1) is 8.74. The Balaban J connectivity index is 2.49. The topological polar surface area (TPSA) is 17.1 Å². The number of hydrogen-bond acceptors (Lipinski definition) is 1. The van der Waals surface area contributed by atoms with Crippen molar-refractivity contribution in [1.82, 2.24) is 0 Å². The predicted molar refractivity (Wildman–Crippen MR) is 53.3 cm³/mol.